The Labute approximate surface area is 153 Å². The van der Waals surface area contributed by atoms with E-state index >= 15 is 0 Å². The number of nitrogens with zero attached hydrogens (tertiary/aromatic N) is 3. The first-order valence-electron chi connectivity index (χ1n) is 7.94. The Kier molecular flexibility index (Phi) is 5.07. The molecule has 0 atom stereocenters. The number of benzene rings is 2. The average molecular weight is 372 g/mol. The zero-order valence-electron chi connectivity index (χ0n) is 14.2. The Balaban J connectivity index is 1.78. The molecule has 0 radical (unpaired) electrons. The van der Waals surface area contributed by atoms with Crippen LogP contribution < -0.4 is 10.2 Å². The maximum atomic E-state index is 13.0. The lowest BCUT2D eigenvalue weighted by molar-refractivity contribution is -0.136. The van der Waals surface area contributed by atoms with E-state index < -0.39 is 11.7 Å². The molecule has 0 aliphatic heterocycles. The summed E-state index contributed by atoms with van der Waals surface area (Å²) < 4.78 is 39.1. The predicted molar refractivity (Wildman–Crippen MR) is 95.9 cm³/mol. The topological polar surface area (TPSA) is 58.1 Å². The van der Waals surface area contributed by atoms with E-state index in [1.54, 1.807) is 31.3 Å². The quantitative estimate of drug-likeness (QED) is 0.732. The number of anilines is 3. The van der Waals surface area contributed by atoms with Crippen molar-refractivity contribution in [2.75, 3.05) is 17.3 Å². The van der Waals surface area contributed by atoms with Gasteiger partial charge in [-0.25, -0.2) is 9.97 Å². The summed E-state index contributed by atoms with van der Waals surface area (Å²) >= 11 is 0. The summed E-state index contributed by atoms with van der Waals surface area (Å²) in [7, 11) is 1.61. The number of alkyl halides is 3. The Hall–Kier alpha value is -3.42. The molecule has 5 nitrogen and oxygen atoms in total. The highest BCUT2D eigenvalue weighted by Crippen LogP contribution is 2.35. The number of aromatic nitrogens is 2. The van der Waals surface area contributed by atoms with Crippen LogP contribution in [0.15, 0.2) is 67.0 Å². The van der Waals surface area contributed by atoms with Crippen molar-refractivity contribution in [3.8, 4) is 0 Å². The molecule has 1 N–H and O–H groups in total. The van der Waals surface area contributed by atoms with Gasteiger partial charge in [-0.15, -0.1) is 0 Å². The van der Waals surface area contributed by atoms with E-state index in [4.69, 9.17) is 0 Å². The first-order chi connectivity index (χ1) is 12.9. The molecule has 138 valence electrons. The van der Waals surface area contributed by atoms with Crippen LogP contribution in [0.3, 0.4) is 0 Å². The van der Waals surface area contributed by atoms with E-state index in [1.807, 2.05) is 6.07 Å². The SMILES string of the molecule is CN(C(=O)c1cnc(Nc2ccccc2C(F)(F)F)nc1)c1ccccc1. The molecule has 1 heterocycles. The lowest BCUT2D eigenvalue weighted by Gasteiger charge is -2.17. The third kappa shape index (κ3) is 4.22. The van der Waals surface area contributed by atoms with E-state index in [0.29, 0.717) is 5.69 Å². The van der Waals surface area contributed by atoms with Crippen molar-refractivity contribution in [3.05, 3.63) is 78.1 Å². The molecule has 0 saturated carbocycles. The summed E-state index contributed by atoms with van der Waals surface area (Å²) in [5.41, 5.74) is -0.0668. The molecule has 1 amide bonds. The van der Waals surface area contributed by atoms with E-state index in [2.05, 4.69) is 15.3 Å². The molecule has 0 unspecified atom stereocenters. The molecule has 0 bridgehead atoms. The molecule has 0 spiro atoms. The van der Waals surface area contributed by atoms with Gasteiger partial charge in [-0.05, 0) is 24.3 Å². The Bertz CT molecular complexity index is 928. The van der Waals surface area contributed by atoms with Gasteiger partial charge in [0.15, 0.2) is 0 Å². The first-order valence-corrected chi connectivity index (χ1v) is 7.94. The molecular weight excluding hydrogens is 357 g/mol. The summed E-state index contributed by atoms with van der Waals surface area (Å²) in [5.74, 6) is -0.367. The normalized spacial score (nSPS) is 11.1. The highest BCUT2D eigenvalue weighted by Gasteiger charge is 2.33. The number of hydrogen-bond donors (Lipinski definition) is 1. The standard InChI is InChI=1S/C19H15F3N4O/c1-26(14-7-3-2-4-8-14)17(27)13-11-23-18(24-12-13)25-16-10-6-5-9-15(16)19(20,21)22/h2-12H,1H3,(H,23,24,25). The summed E-state index contributed by atoms with van der Waals surface area (Å²) in [5, 5.41) is 2.54. The monoisotopic (exact) mass is 372 g/mol. The van der Waals surface area contributed by atoms with Crippen molar-refractivity contribution in [1.82, 2.24) is 9.97 Å². The molecule has 0 fully saturated rings. The third-order valence-electron chi connectivity index (χ3n) is 3.83. The summed E-state index contributed by atoms with van der Waals surface area (Å²) in [6.07, 6.45) is -1.96. The second-order valence-corrected chi connectivity index (χ2v) is 5.66. The van der Waals surface area contributed by atoms with Crippen LogP contribution in [0.2, 0.25) is 0 Å². The zero-order valence-corrected chi connectivity index (χ0v) is 14.2. The van der Waals surface area contributed by atoms with Gasteiger partial charge in [0, 0.05) is 25.1 Å². The zero-order chi connectivity index (χ0) is 19.4. The van der Waals surface area contributed by atoms with Gasteiger partial charge in [-0.3, -0.25) is 4.79 Å². The minimum absolute atomic E-state index is 0.0365. The Morgan fingerprint density at radius 2 is 1.56 bits per heavy atom. The van der Waals surface area contributed by atoms with Crippen LogP contribution in [0.5, 0.6) is 0 Å². The smallest absolute Gasteiger partial charge is 0.324 e. The molecule has 1 aromatic heterocycles. The Morgan fingerprint density at radius 3 is 2.19 bits per heavy atom. The molecule has 27 heavy (non-hydrogen) atoms. The van der Waals surface area contributed by atoms with E-state index in [9.17, 15) is 18.0 Å². The van der Waals surface area contributed by atoms with Gasteiger partial charge < -0.3 is 10.2 Å². The van der Waals surface area contributed by atoms with Crippen molar-refractivity contribution >= 4 is 23.2 Å². The summed E-state index contributed by atoms with van der Waals surface area (Å²) in [4.78, 5) is 21.8. The number of carbonyl (C=O) groups is 1. The maximum Gasteiger partial charge on any atom is 0.418 e. The molecule has 0 aliphatic carbocycles. The number of carbonyl (C=O) groups excluding carboxylic acids is 1. The molecule has 3 rings (SSSR count). The molecular formula is C19H15F3N4O. The van der Waals surface area contributed by atoms with Crippen LogP contribution in [0.1, 0.15) is 15.9 Å². The number of hydrogen-bond acceptors (Lipinski definition) is 4. The van der Waals surface area contributed by atoms with Gasteiger partial charge >= 0.3 is 6.18 Å². The van der Waals surface area contributed by atoms with Gasteiger partial charge in [0.2, 0.25) is 5.95 Å². The second-order valence-electron chi connectivity index (χ2n) is 5.66. The predicted octanol–water partition coefficient (Wildman–Crippen LogP) is 4.52. The van der Waals surface area contributed by atoms with Crippen LogP contribution in [0, 0.1) is 0 Å². The second kappa shape index (κ2) is 7.45. The molecule has 8 heteroatoms. The number of nitrogens with one attached hydrogen (secondary N) is 1. The highest BCUT2D eigenvalue weighted by atomic mass is 19.4. The fourth-order valence-electron chi connectivity index (χ4n) is 2.43. The van der Waals surface area contributed by atoms with Gasteiger partial charge in [0.25, 0.3) is 5.91 Å². The maximum absolute atomic E-state index is 13.0. The van der Waals surface area contributed by atoms with E-state index in [0.717, 1.165) is 6.07 Å². The number of amides is 1. The van der Waals surface area contributed by atoms with Crippen LogP contribution >= 0.6 is 0 Å². The van der Waals surface area contributed by atoms with Crippen molar-refractivity contribution in [2.45, 2.75) is 6.18 Å². The van der Waals surface area contributed by atoms with Gasteiger partial charge in [-0.2, -0.15) is 13.2 Å². The number of rotatable bonds is 4. The number of halogens is 3. The summed E-state index contributed by atoms with van der Waals surface area (Å²) in [6, 6.07) is 14.0. The molecule has 0 saturated heterocycles. The lowest BCUT2D eigenvalue weighted by Crippen LogP contribution is -2.26. The Morgan fingerprint density at radius 1 is 0.963 bits per heavy atom. The number of para-hydroxylation sites is 2. The van der Waals surface area contributed by atoms with Crippen LogP contribution in [-0.4, -0.2) is 22.9 Å². The van der Waals surface area contributed by atoms with Gasteiger partial charge in [0.05, 0.1) is 16.8 Å². The van der Waals surface area contributed by atoms with E-state index in [1.165, 1.54) is 35.5 Å². The van der Waals surface area contributed by atoms with Crippen molar-refractivity contribution in [3.63, 3.8) is 0 Å². The van der Waals surface area contributed by atoms with Gasteiger partial charge in [-0.1, -0.05) is 30.3 Å². The van der Waals surface area contributed by atoms with Crippen LogP contribution in [-0.2, 0) is 6.18 Å². The largest absolute Gasteiger partial charge is 0.418 e. The minimum Gasteiger partial charge on any atom is -0.324 e. The average Bonchev–Trinajstić information content (AvgIpc) is 2.68. The minimum atomic E-state index is -4.50. The highest BCUT2D eigenvalue weighted by molar-refractivity contribution is 6.05. The van der Waals surface area contributed by atoms with Crippen molar-refractivity contribution < 1.29 is 18.0 Å². The molecule has 2 aromatic carbocycles. The van der Waals surface area contributed by atoms with Crippen molar-refractivity contribution in [2.24, 2.45) is 0 Å². The van der Waals surface area contributed by atoms with Gasteiger partial charge in [0.1, 0.15) is 0 Å². The van der Waals surface area contributed by atoms with E-state index in [-0.39, 0.29) is 23.1 Å². The fraction of sp³-hybridized carbons (Fsp3) is 0.105. The first kappa shape index (κ1) is 18.4. The third-order valence-corrected chi connectivity index (χ3v) is 3.83. The lowest BCUT2D eigenvalue weighted by atomic mass is 10.1. The fourth-order valence-corrected chi connectivity index (χ4v) is 2.43. The summed E-state index contributed by atoms with van der Waals surface area (Å²) in [6.45, 7) is 0. The molecule has 3 aromatic rings. The van der Waals surface area contributed by atoms with Crippen LogP contribution in [0.4, 0.5) is 30.5 Å². The van der Waals surface area contributed by atoms with Crippen molar-refractivity contribution in [1.29, 1.82) is 0 Å². The molecule has 0 aliphatic rings. The van der Waals surface area contributed by atoms with Crippen LogP contribution in [0.25, 0.3) is 0 Å².